The second-order valence-electron chi connectivity index (χ2n) is 7.34. The number of esters is 2. The third-order valence-corrected chi connectivity index (χ3v) is 5.97. The van der Waals surface area contributed by atoms with Crippen molar-refractivity contribution in [1.29, 1.82) is 0 Å². The molecule has 12 nitrogen and oxygen atoms in total. The van der Waals surface area contributed by atoms with Crippen molar-refractivity contribution in [1.82, 2.24) is 19.9 Å². The van der Waals surface area contributed by atoms with Gasteiger partial charge in [0.1, 0.15) is 4.60 Å². The fourth-order valence-electron chi connectivity index (χ4n) is 2.72. The molecule has 2 heterocycles. The molecule has 0 aliphatic rings. The minimum Gasteiger partial charge on any atom is -0.464 e. The largest absolute Gasteiger partial charge is 0.488 e. The zero-order valence-corrected chi connectivity index (χ0v) is 25.7. The summed E-state index contributed by atoms with van der Waals surface area (Å²) in [4.78, 5) is 38.1. The van der Waals surface area contributed by atoms with E-state index in [0.717, 1.165) is 14.5 Å². The summed E-state index contributed by atoms with van der Waals surface area (Å²) in [5, 5.41) is 17.4. The highest BCUT2D eigenvalue weighted by Crippen LogP contribution is 2.22. The SMILES string of the molecule is COC(=O)c1nc(-c2cccc(Br)c2)cnc1N.COC(=O)c1nc(Br)cnc1N.OB(O)c1cccc(Br)c1. The number of nitrogen functional groups attached to an aromatic ring is 2. The van der Waals surface area contributed by atoms with E-state index in [2.05, 4.69) is 77.2 Å². The monoisotopic (exact) mass is 738 g/mol. The number of carbonyl (C=O) groups is 2. The normalized spacial score (nSPS) is 9.78. The Morgan fingerprint density at radius 2 is 1.32 bits per heavy atom. The summed E-state index contributed by atoms with van der Waals surface area (Å²) in [5.41, 5.74) is 12.9. The number of hydrogen-bond donors (Lipinski definition) is 4. The maximum absolute atomic E-state index is 11.5. The molecule has 208 valence electrons. The van der Waals surface area contributed by atoms with Crippen molar-refractivity contribution >= 4 is 83.9 Å². The first-order chi connectivity index (χ1) is 19.0. The third-order valence-electron chi connectivity index (χ3n) is 4.60. The van der Waals surface area contributed by atoms with Crippen LogP contribution in [-0.2, 0) is 9.47 Å². The van der Waals surface area contributed by atoms with Gasteiger partial charge in [0.2, 0.25) is 0 Å². The highest BCUT2D eigenvalue weighted by atomic mass is 79.9. The molecule has 0 spiro atoms. The summed E-state index contributed by atoms with van der Waals surface area (Å²) < 4.78 is 11.2. The molecule has 0 saturated carbocycles. The van der Waals surface area contributed by atoms with Crippen LogP contribution in [0.2, 0.25) is 0 Å². The number of hydrogen-bond acceptors (Lipinski definition) is 12. The number of halogens is 3. The number of methoxy groups -OCH3 is 2. The van der Waals surface area contributed by atoms with Gasteiger partial charge in [-0.15, -0.1) is 0 Å². The number of carbonyl (C=O) groups excluding carboxylic acids is 2. The highest BCUT2D eigenvalue weighted by Gasteiger charge is 2.15. The Kier molecular flexibility index (Phi) is 13.1. The highest BCUT2D eigenvalue weighted by molar-refractivity contribution is 9.11. The fraction of sp³-hybridized carbons (Fsp3) is 0.0833. The lowest BCUT2D eigenvalue weighted by Crippen LogP contribution is -2.29. The molecular weight excluding hydrogens is 719 g/mol. The molecule has 0 aliphatic carbocycles. The molecule has 0 radical (unpaired) electrons. The summed E-state index contributed by atoms with van der Waals surface area (Å²) >= 11 is 9.64. The van der Waals surface area contributed by atoms with Crippen LogP contribution >= 0.6 is 47.8 Å². The summed E-state index contributed by atoms with van der Waals surface area (Å²) in [6, 6.07) is 14.4. The fourth-order valence-corrected chi connectivity index (χ4v) is 3.82. The van der Waals surface area contributed by atoms with E-state index in [9.17, 15) is 9.59 Å². The average Bonchev–Trinajstić information content (AvgIpc) is 2.94. The lowest BCUT2D eigenvalue weighted by molar-refractivity contribution is 0.0586. The van der Waals surface area contributed by atoms with Crippen LogP contribution in [0.3, 0.4) is 0 Å². The zero-order valence-electron chi connectivity index (χ0n) is 21.0. The van der Waals surface area contributed by atoms with Gasteiger partial charge in [0, 0.05) is 14.5 Å². The number of rotatable bonds is 4. The standard InChI is InChI=1S/C12H10BrN3O2.C6H6BBrO2.C6H6BrN3O2/c1-18-12(17)10-11(14)15-6-9(16-10)7-3-2-4-8(13)5-7;8-6-3-1-2-5(4-6)7(9)10;1-12-6(11)4-5(8)9-2-3(7)10-4/h2-6H,1H3,(H2,14,15);1-4,9-10H;2H,1H3,(H2,8,9). The van der Waals surface area contributed by atoms with Gasteiger partial charge in [0.15, 0.2) is 23.0 Å². The second-order valence-corrected chi connectivity index (χ2v) is 9.98. The molecule has 0 fully saturated rings. The number of nitrogens with zero attached hydrogens (tertiary/aromatic N) is 4. The summed E-state index contributed by atoms with van der Waals surface area (Å²) in [6.07, 6.45) is 2.92. The Labute approximate surface area is 254 Å². The van der Waals surface area contributed by atoms with Crippen LogP contribution in [0.1, 0.15) is 21.0 Å². The van der Waals surface area contributed by atoms with E-state index in [1.807, 2.05) is 30.3 Å². The molecule has 0 atom stereocenters. The molecule has 6 N–H and O–H groups in total. The van der Waals surface area contributed by atoms with Crippen LogP contribution in [0.4, 0.5) is 11.6 Å². The number of benzene rings is 2. The predicted molar refractivity (Wildman–Crippen MR) is 160 cm³/mol. The molecule has 4 aromatic rings. The number of nitrogens with two attached hydrogens (primary N) is 2. The molecule has 0 bridgehead atoms. The molecule has 2 aromatic heterocycles. The smallest absolute Gasteiger partial charge is 0.464 e. The van der Waals surface area contributed by atoms with Crippen LogP contribution < -0.4 is 16.9 Å². The number of aromatic nitrogens is 4. The lowest BCUT2D eigenvalue weighted by Gasteiger charge is -2.05. The quantitative estimate of drug-likeness (QED) is 0.177. The molecule has 2 aromatic carbocycles. The summed E-state index contributed by atoms with van der Waals surface area (Å²) in [5.74, 6) is -1.08. The van der Waals surface area contributed by atoms with Gasteiger partial charge in [0.05, 0.1) is 32.3 Å². The maximum Gasteiger partial charge on any atom is 0.488 e. The van der Waals surface area contributed by atoms with Crippen LogP contribution in [0.15, 0.2) is 74.5 Å². The molecular formula is C24H22BBr3N6O6. The second kappa shape index (κ2) is 16.0. The predicted octanol–water partition coefficient (Wildman–Crippen LogP) is 3.01. The van der Waals surface area contributed by atoms with Crippen LogP contribution in [-0.4, -0.2) is 63.3 Å². The van der Waals surface area contributed by atoms with E-state index in [-0.39, 0.29) is 23.0 Å². The van der Waals surface area contributed by atoms with Gasteiger partial charge in [-0.05, 0) is 45.7 Å². The lowest BCUT2D eigenvalue weighted by atomic mass is 9.81. The van der Waals surface area contributed by atoms with Crippen molar-refractivity contribution < 1.29 is 29.1 Å². The molecule has 0 unspecified atom stereocenters. The Morgan fingerprint density at radius 1 is 0.800 bits per heavy atom. The van der Waals surface area contributed by atoms with E-state index >= 15 is 0 Å². The Bertz CT molecular complexity index is 1480. The first-order valence-corrected chi connectivity index (χ1v) is 13.3. The van der Waals surface area contributed by atoms with E-state index in [1.54, 1.807) is 18.2 Å². The molecule has 0 aliphatic heterocycles. The van der Waals surface area contributed by atoms with Gasteiger partial charge >= 0.3 is 19.1 Å². The zero-order chi connectivity index (χ0) is 29.8. The summed E-state index contributed by atoms with van der Waals surface area (Å²) in [6.45, 7) is 0. The van der Waals surface area contributed by atoms with Crippen molar-refractivity contribution in [2.24, 2.45) is 0 Å². The van der Waals surface area contributed by atoms with Gasteiger partial charge < -0.3 is 31.0 Å². The number of anilines is 2. The maximum atomic E-state index is 11.5. The van der Waals surface area contributed by atoms with Crippen molar-refractivity contribution in [3.05, 3.63) is 85.9 Å². The van der Waals surface area contributed by atoms with Crippen molar-refractivity contribution in [3.63, 3.8) is 0 Å². The topological polar surface area (TPSA) is 197 Å². The first-order valence-electron chi connectivity index (χ1n) is 10.9. The number of ether oxygens (including phenoxy) is 2. The van der Waals surface area contributed by atoms with Crippen molar-refractivity contribution in [2.45, 2.75) is 0 Å². The van der Waals surface area contributed by atoms with E-state index < -0.39 is 19.1 Å². The molecule has 16 heteroatoms. The minimum absolute atomic E-state index is 0.0203. The Balaban J connectivity index is 0.000000222. The van der Waals surface area contributed by atoms with Crippen LogP contribution in [0.25, 0.3) is 11.3 Å². The van der Waals surface area contributed by atoms with Gasteiger partial charge in [-0.1, -0.05) is 56.1 Å². The van der Waals surface area contributed by atoms with Gasteiger partial charge in [-0.2, -0.15) is 0 Å². The van der Waals surface area contributed by atoms with Crippen LogP contribution in [0, 0.1) is 0 Å². The molecule has 4 rings (SSSR count). The first kappa shape index (κ1) is 32.8. The van der Waals surface area contributed by atoms with Crippen molar-refractivity contribution in [3.8, 4) is 11.3 Å². The molecule has 0 saturated heterocycles. The van der Waals surface area contributed by atoms with Gasteiger partial charge in [0.25, 0.3) is 0 Å². The third kappa shape index (κ3) is 9.95. The van der Waals surface area contributed by atoms with E-state index in [4.69, 9.17) is 21.5 Å². The molecule has 40 heavy (non-hydrogen) atoms. The van der Waals surface area contributed by atoms with Gasteiger partial charge in [-0.3, -0.25) is 0 Å². The van der Waals surface area contributed by atoms with Gasteiger partial charge in [-0.25, -0.2) is 29.5 Å². The van der Waals surface area contributed by atoms with E-state index in [0.29, 0.717) is 15.8 Å². The Hall–Kier alpha value is -3.44. The minimum atomic E-state index is -1.38. The summed E-state index contributed by atoms with van der Waals surface area (Å²) in [7, 11) is 1.15. The van der Waals surface area contributed by atoms with Crippen LogP contribution in [0.5, 0.6) is 0 Å². The molecule has 0 amide bonds. The Morgan fingerprint density at radius 3 is 1.82 bits per heavy atom. The van der Waals surface area contributed by atoms with Crippen molar-refractivity contribution in [2.75, 3.05) is 25.7 Å². The van der Waals surface area contributed by atoms with E-state index in [1.165, 1.54) is 26.6 Å². The average molecular weight is 741 g/mol.